The van der Waals surface area contributed by atoms with Gasteiger partial charge in [-0.25, -0.2) is 0 Å². The van der Waals surface area contributed by atoms with Gasteiger partial charge in [0.15, 0.2) is 0 Å². The molecule has 0 saturated carbocycles. The van der Waals surface area contributed by atoms with E-state index in [0.717, 1.165) is 31.6 Å². The number of halogens is 1. The highest BCUT2D eigenvalue weighted by molar-refractivity contribution is 5.91. The van der Waals surface area contributed by atoms with E-state index in [4.69, 9.17) is 0 Å². The van der Waals surface area contributed by atoms with Gasteiger partial charge in [0, 0.05) is 26.1 Å². The molecule has 2 aliphatic heterocycles. The van der Waals surface area contributed by atoms with Crippen molar-refractivity contribution in [3.8, 4) is 0 Å². The molecule has 6 heteroatoms. The molecule has 3 rings (SSSR count). The maximum Gasteiger partial charge on any atom is 0.245 e. The molecule has 2 fully saturated rings. The topological polar surface area (TPSA) is 52.7 Å². The van der Waals surface area contributed by atoms with E-state index in [0.29, 0.717) is 25.3 Å². The van der Waals surface area contributed by atoms with E-state index in [1.807, 2.05) is 24.1 Å². The van der Waals surface area contributed by atoms with Crippen molar-refractivity contribution in [1.29, 1.82) is 0 Å². The number of carbonyl (C=O) groups excluding carboxylic acids is 2. The van der Waals surface area contributed by atoms with Crippen molar-refractivity contribution in [3.63, 3.8) is 0 Å². The number of amides is 2. The van der Waals surface area contributed by atoms with Crippen molar-refractivity contribution in [2.75, 3.05) is 26.7 Å². The molecule has 0 spiro atoms. The van der Waals surface area contributed by atoms with E-state index >= 15 is 0 Å². The van der Waals surface area contributed by atoms with Crippen LogP contribution in [0.15, 0.2) is 24.3 Å². The lowest BCUT2D eigenvalue weighted by Crippen LogP contribution is -2.50. The number of nitrogens with one attached hydrogen (secondary N) is 1. The van der Waals surface area contributed by atoms with Gasteiger partial charge in [0.2, 0.25) is 11.8 Å². The van der Waals surface area contributed by atoms with Crippen molar-refractivity contribution in [1.82, 2.24) is 15.1 Å². The van der Waals surface area contributed by atoms with Crippen LogP contribution < -0.4 is 5.32 Å². The summed E-state index contributed by atoms with van der Waals surface area (Å²) in [5.74, 6) is 0.756. The monoisotopic (exact) mass is 379 g/mol. The molecule has 2 unspecified atom stereocenters. The first-order chi connectivity index (χ1) is 12.1. The Hall–Kier alpha value is -1.59. The molecule has 5 nitrogen and oxygen atoms in total. The van der Waals surface area contributed by atoms with Gasteiger partial charge in [0.05, 0.1) is 0 Å². The molecule has 144 valence electrons. The van der Waals surface area contributed by atoms with Crippen LogP contribution >= 0.6 is 12.4 Å². The van der Waals surface area contributed by atoms with Gasteiger partial charge in [-0.05, 0) is 51.3 Å². The SMILES string of the molecule is CNCC1CCCN(C(=O)C2CCC(=O)N2Cc2ccc(C)cc2)C1.Cl. The quantitative estimate of drug-likeness (QED) is 0.854. The fourth-order valence-corrected chi connectivity index (χ4v) is 4.01. The van der Waals surface area contributed by atoms with E-state index in [1.165, 1.54) is 12.0 Å². The molecule has 0 aliphatic carbocycles. The third-order valence-corrected chi connectivity index (χ3v) is 5.41. The molecule has 2 aliphatic rings. The van der Waals surface area contributed by atoms with Crippen molar-refractivity contribution in [3.05, 3.63) is 35.4 Å². The number of carbonyl (C=O) groups is 2. The lowest BCUT2D eigenvalue weighted by Gasteiger charge is -2.36. The standard InChI is InChI=1S/C20H29N3O2.ClH/c1-15-5-7-16(8-6-15)14-23-18(9-10-19(23)24)20(25)22-11-3-4-17(13-22)12-21-2;/h5-8,17-18,21H,3-4,9-14H2,1-2H3;1H. The number of rotatable bonds is 5. The van der Waals surface area contributed by atoms with Crippen molar-refractivity contribution < 1.29 is 9.59 Å². The highest BCUT2D eigenvalue weighted by Crippen LogP contribution is 2.25. The minimum atomic E-state index is -0.290. The molecule has 0 bridgehead atoms. The lowest BCUT2D eigenvalue weighted by atomic mass is 9.97. The highest BCUT2D eigenvalue weighted by atomic mass is 35.5. The zero-order valence-electron chi connectivity index (χ0n) is 15.7. The molecule has 0 aromatic heterocycles. The van der Waals surface area contributed by atoms with E-state index < -0.39 is 0 Å². The van der Waals surface area contributed by atoms with Crippen LogP contribution in [0.4, 0.5) is 0 Å². The zero-order chi connectivity index (χ0) is 17.8. The third-order valence-electron chi connectivity index (χ3n) is 5.41. The Labute approximate surface area is 162 Å². The Balaban J connectivity index is 0.00000243. The van der Waals surface area contributed by atoms with Crippen LogP contribution in [0.3, 0.4) is 0 Å². The van der Waals surface area contributed by atoms with E-state index in [-0.39, 0.29) is 30.3 Å². The summed E-state index contributed by atoms with van der Waals surface area (Å²) in [4.78, 5) is 29.2. The Morgan fingerprint density at radius 2 is 1.96 bits per heavy atom. The zero-order valence-corrected chi connectivity index (χ0v) is 16.6. The second kappa shape index (κ2) is 9.38. The van der Waals surface area contributed by atoms with Gasteiger partial charge in [-0.3, -0.25) is 9.59 Å². The maximum absolute atomic E-state index is 13.1. The molecule has 1 N–H and O–H groups in total. The molecular weight excluding hydrogens is 350 g/mol. The molecule has 2 atom stereocenters. The first-order valence-electron chi connectivity index (χ1n) is 9.37. The predicted molar refractivity (Wildman–Crippen MR) is 105 cm³/mol. The minimum absolute atomic E-state index is 0. The maximum atomic E-state index is 13.1. The number of hydrogen-bond acceptors (Lipinski definition) is 3. The van der Waals surface area contributed by atoms with Crippen LogP contribution in [0.25, 0.3) is 0 Å². The summed E-state index contributed by atoms with van der Waals surface area (Å²) >= 11 is 0. The van der Waals surface area contributed by atoms with Crippen LogP contribution in [0.2, 0.25) is 0 Å². The summed E-state index contributed by atoms with van der Waals surface area (Å²) in [5, 5.41) is 3.22. The summed E-state index contributed by atoms with van der Waals surface area (Å²) in [5.41, 5.74) is 2.29. The van der Waals surface area contributed by atoms with Crippen LogP contribution in [-0.2, 0) is 16.1 Å². The van der Waals surface area contributed by atoms with Gasteiger partial charge < -0.3 is 15.1 Å². The average molecular weight is 380 g/mol. The molecule has 2 heterocycles. The highest BCUT2D eigenvalue weighted by Gasteiger charge is 2.39. The van der Waals surface area contributed by atoms with Crippen LogP contribution in [0.5, 0.6) is 0 Å². The Morgan fingerprint density at radius 3 is 2.65 bits per heavy atom. The summed E-state index contributed by atoms with van der Waals surface area (Å²) in [6, 6.07) is 7.92. The van der Waals surface area contributed by atoms with E-state index in [9.17, 15) is 9.59 Å². The van der Waals surface area contributed by atoms with Gasteiger partial charge in [-0.15, -0.1) is 12.4 Å². The second-order valence-electron chi connectivity index (χ2n) is 7.41. The summed E-state index contributed by atoms with van der Waals surface area (Å²) in [6.45, 7) is 5.16. The van der Waals surface area contributed by atoms with Gasteiger partial charge in [-0.1, -0.05) is 29.8 Å². The number of piperidine rings is 1. The first-order valence-corrected chi connectivity index (χ1v) is 9.37. The smallest absolute Gasteiger partial charge is 0.245 e. The van der Waals surface area contributed by atoms with Crippen molar-refractivity contribution in [2.24, 2.45) is 5.92 Å². The number of aryl methyl sites for hydroxylation is 1. The summed E-state index contributed by atoms with van der Waals surface area (Å²) < 4.78 is 0. The molecule has 26 heavy (non-hydrogen) atoms. The van der Waals surface area contributed by atoms with Gasteiger partial charge in [0.1, 0.15) is 6.04 Å². The summed E-state index contributed by atoms with van der Waals surface area (Å²) in [6.07, 6.45) is 3.35. The van der Waals surface area contributed by atoms with Crippen LogP contribution in [0, 0.1) is 12.8 Å². The predicted octanol–water partition coefficient (Wildman–Crippen LogP) is 2.37. The average Bonchev–Trinajstić information content (AvgIpc) is 2.97. The molecule has 0 radical (unpaired) electrons. The van der Waals surface area contributed by atoms with E-state index in [2.05, 4.69) is 24.4 Å². The van der Waals surface area contributed by atoms with Crippen molar-refractivity contribution >= 4 is 24.2 Å². The van der Waals surface area contributed by atoms with Gasteiger partial charge in [0.25, 0.3) is 0 Å². The van der Waals surface area contributed by atoms with Crippen LogP contribution in [-0.4, -0.2) is 54.3 Å². The summed E-state index contributed by atoms with van der Waals surface area (Å²) in [7, 11) is 1.96. The number of likely N-dealkylation sites (tertiary alicyclic amines) is 2. The first kappa shape index (κ1) is 20.7. The molecule has 1 aromatic carbocycles. The number of benzene rings is 1. The molecule has 2 amide bonds. The second-order valence-corrected chi connectivity index (χ2v) is 7.41. The Morgan fingerprint density at radius 1 is 1.23 bits per heavy atom. The lowest BCUT2D eigenvalue weighted by molar-refractivity contribution is -0.143. The van der Waals surface area contributed by atoms with Gasteiger partial charge >= 0.3 is 0 Å². The Bertz CT molecular complexity index is 618. The van der Waals surface area contributed by atoms with Crippen LogP contribution in [0.1, 0.15) is 36.8 Å². The van der Waals surface area contributed by atoms with Crippen molar-refractivity contribution in [2.45, 2.75) is 45.2 Å². The molecular formula is C20H30ClN3O2. The fraction of sp³-hybridized carbons (Fsp3) is 0.600. The van der Waals surface area contributed by atoms with Gasteiger partial charge in [-0.2, -0.15) is 0 Å². The third kappa shape index (κ3) is 4.77. The minimum Gasteiger partial charge on any atom is -0.341 e. The normalized spacial score (nSPS) is 23.1. The Kier molecular flexibility index (Phi) is 7.47. The molecule has 1 aromatic rings. The fourth-order valence-electron chi connectivity index (χ4n) is 4.01. The number of nitrogens with zero attached hydrogens (tertiary/aromatic N) is 2. The largest absolute Gasteiger partial charge is 0.341 e. The van der Waals surface area contributed by atoms with E-state index in [1.54, 1.807) is 4.90 Å². The number of hydrogen-bond donors (Lipinski definition) is 1. The molecule has 2 saturated heterocycles.